The van der Waals surface area contributed by atoms with Crippen LogP contribution in [0.4, 0.5) is 17.5 Å². The fraction of sp³-hybridized carbons (Fsp3) is 0.0667. The minimum atomic E-state index is 0.229. The molecule has 108 valence electrons. The van der Waals surface area contributed by atoms with Gasteiger partial charge in [-0.05, 0) is 29.3 Å². The SMILES string of the molecule is Nc1nc(Nc2cn[nH]c2)c2ccc(C3=CC=NC3)cc2n1. The average Bonchev–Trinajstić information content (AvgIpc) is 3.20. The number of rotatable bonds is 3. The van der Waals surface area contributed by atoms with Gasteiger partial charge in [0, 0.05) is 17.8 Å². The smallest absolute Gasteiger partial charge is 0.222 e. The second kappa shape index (κ2) is 4.96. The lowest BCUT2D eigenvalue weighted by Crippen LogP contribution is -2.01. The molecule has 1 aromatic carbocycles. The van der Waals surface area contributed by atoms with Crippen LogP contribution in [0.3, 0.4) is 0 Å². The zero-order chi connectivity index (χ0) is 14.9. The van der Waals surface area contributed by atoms with Crippen LogP contribution in [-0.4, -0.2) is 32.9 Å². The van der Waals surface area contributed by atoms with E-state index in [4.69, 9.17) is 5.73 Å². The third kappa shape index (κ3) is 2.18. The van der Waals surface area contributed by atoms with E-state index in [1.54, 1.807) is 12.4 Å². The van der Waals surface area contributed by atoms with E-state index >= 15 is 0 Å². The van der Waals surface area contributed by atoms with Gasteiger partial charge in [-0.15, -0.1) is 0 Å². The summed E-state index contributed by atoms with van der Waals surface area (Å²) in [7, 11) is 0. The molecule has 4 rings (SSSR count). The van der Waals surface area contributed by atoms with Crippen LogP contribution < -0.4 is 11.1 Å². The van der Waals surface area contributed by atoms with Crippen molar-refractivity contribution >= 4 is 40.1 Å². The first kappa shape index (κ1) is 12.5. The normalized spacial score (nSPS) is 13.5. The largest absolute Gasteiger partial charge is 0.368 e. The lowest BCUT2D eigenvalue weighted by atomic mass is 10.0. The zero-order valence-corrected chi connectivity index (χ0v) is 11.6. The molecule has 0 aliphatic carbocycles. The van der Waals surface area contributed by atoms with Gasteiger partial charge in [0.25, 0.3) is 0 Å². The lowest BCUT2D eigenvalue weighted by molar-refractivity contribution is 1.09. The zero-order valence-electron chi connectivity index (χ0n) is 11.6. The van der Waals surface area contributed by atoms with E-state index in [-0.39, 0.29) is 5.95 Å². The monoisotopic (exact) mass is 291 g/mol. The van der Waals surface area contributed by atoms with Crippen molar-refractivity contribution < 1.29 is 0 Å². The predicted octanol–water partition coefficient (Wildman–Crippen LogP) is 2.15. The van der Waals surface area contributed by atoms with Crippen LogP contribution in [0.5, 0.6) is 0 Å². The van der Waals surface area contributed by atoms with Crippen LogP contribution in [0, 0.1) is 0 Å². The third-order valence-corrected chi connectivity index (χ3v) is 3.49. The number of anilines is 3. The maximum atomic E-state index is 5.83. The molecule has 1 aliphatic rings. The number of benzene rings is 1. The van der Waals surface area contributed by atoms with Gasteiger partial charge in [0.1, 0.15) is 5.82 Å². The molecule has 22 heavy (non-hydrogen) atoms. The number of allylic oxidation sites excluding steroid dienone is 1. The van der Waals surface area contributed by atoms with Crippen molar-refractivity contribution in [1.29, 1.82) is 0 Å². The molecule has 0 unspecified atom stereocenters. The van der Waals surface area contributed by atoms with E-state index in [2.05, 4.69) is 30.5 Å². The summed E-state index contributed by atoms with van der Waals surface area (Å²) in [6, 6.07) is 6.04. The number of nitrogen functional groups attached to an aromatic ring is 1. The number of aliphatic imine (C=N–C) groups is 1. The molecule has 0 spiro atoms. The highest BCUT2D eigenvalue weighted by molar-refractivity contribution is 5.96. The number of nitrogens with zero attached hydrogens (tertiary/aromatic N) is 4. The molecule has 0 fully saturated rings. The molecule has 0 saturated carbocycles. The number of fused-ring (bicyclic) bond motifs is 1. The molecule has 0 radical (unpaired) electrons. The van der Waals surface area contributed by atoms with Crippen molar-refractivity contribution in [3.05, 3.63) is 42.2 Å². The summed E-state index contributed by atoms with van der Waals surface area (Å²) >= 11 is 0. The maximum absolute atomic E-state index is 5.83. The molecule has 0 amide bonds. The van der Waals surface area contributed by atoms with E-state index in [1.165, 1.54) is 5.57 Å². The van der Waals surface area contributed by atoms with Gasteiger partial charge in [-0.1, -0.05) is 6.07 Å². The molecule has 7 heteroatoms. The van der Waals surface area contributed by atoms with Crippen molar-refractivity contribution in [2.75, 3.05) is 17.6 Å². The first-order valence-electron chi connectivity index (χ1n) is 6.82. The van der Waals surface area contributed by atoms with Crippen molar-refractivity contribution in [3.63, 3.8) is 0 Å². The van der Waals surface area contributed by atoms with Gasteiger partial charge < -0.3 is 11.1 Å². The van der Waals surface area contributed by atoms with Gasteiger partial charge in [0.2, 0.25) is 5.95 Å². The molecule has 0 saturated heterocycles. The summed E-state index contributed by atoms with van der Waals surface area (Å²) in [4.78, 5) is 12.8. The van der Waals surface area contributed by atoms with Gasteiger partial charge in [0.05, 0.1) is 23.9 Å². The number of hydrogen-bond donors (Lipinski definition) is 3. The molecule has 0 atom stereocenters. The molecule has 3 heterocycles. The topological polar surface area (TPSA) is 105 Å². The number of nitrogens with one attached hydrogen (secondary N) is 2. The Bertz CT molecular complexity index is 894. The van der Waals surface area contributed by atoms with Crippen molar-refractivity contribution in [3.8, 4) is 0 Å². The highest BCUT2D eigenvalue weighted by Gasteiger charge is 2.10. The summed E-state index contributed by atoms with van der Waals surface area (Å²) in [5.74, 6) is 0.888. The quantitative estimate of drug-likeness (QED) is 0.685. The Hall–Kier alpha value is -3.22. The van der Waals surface area contributed by atoms with Gasteiger partial charge in [-0.3, -0.25) is 10.1 Å². The minimum absolute atomic E-state index is 0.229. The van der Waals surface area contributed by atoms with E-state index < -0.39 is 0 Å². The Morgan fingerprint density at radius 1 is 1.23 bits per heavy atom. The molecule has 0 bridgehead atoms. The van der Waals surface area contributed by atoms with Crippen LogP contribution in [0.25, 0.3) is 16.5 Å². The number of aromatic nitrogens is 4. The van der Waals surface area contributed by atoms with Crippen LogP contribution >= 0.6 is 0 Å². The molecule has 4 N–H and O–H groups in total. The van der Waals surface area contributed by atoms with E-state index in [0.29, 0.717) is 12.4 Å². The summed E-state index contributed by atoms with van der Waals surface area (Å²) in [5.41, 5.74) is 9.71. The Kier molecular flexibility index (Phi) is 2.82. The molecular weight excluding hydrogens is 278 g/mol. The van der Waals surface area contributed by atoms with Crippen LogP contribution in [0.15, 0.2) is 41.7 Å². The van der Waals surface area contributed by atoms with Gasteiger partial charge in [-0.2, -0.15) is 10.1 Å². The van der Waals surface area contributed by atoms with Gasteiger partial charge in [-0.25, -0.2) is 4.98 Å². The second-order valence-corrected chi connectivity index (χ2v) is 4.96. The lowest BCUT2D eigenvalue weighted by Gasteiger charge is -2.09. The van der Waals surface area contributed by atoms with Crippen LogP contribution in [0.1, 0.15) is 5.56 Å². The maximum Gasteiger partial charge on any atom is 0.222 e. The third-order valence-electron chi connectivity index (χ3n) is 3.49. The van der Waals surface area contributed by atoms with Crippen molar-refractivity contribution in [2.24, 2.45) is 4.99 Å². The minimum Gasteiger partial charge on any atom is -0.368 e. The van der Waals surface area contributed by atoms with Crippen molar-refractivity contribution in [2.45, 2.75) is 0 Å². The molecule has 3 aromatic rings. The highest BCUT2D eigenvalue weighted by atomic mass is 15.1. The van der Waals surface area contributed by atoms with E-state index in [0.717, 1.165) is 22.2 Å². The summed E-state index contributed by atoms with van der Waals surface area (Å²) in [6.07, 6.45) is 7.26. The number of aromatic amines is 1. The average molecular weight is 291 g/mol. The van der Waals surface area contributed by atoms with Crippen LogP contribution in [-0.2, 0) is 0 Å². The molecule has 7 nitrogen and oxygen atoms in total. The summed E-state index contributed by atoms with van der Waals surface area (Å²) in [6.45, 7) is 0.701. The van der Waals surface area contributed by atoms with Gasteiger partial charge >= 0.3 is 0 Å². The number of nitrogens with two attached hydrogens (primary N) is 1. The fourth-order valence-electron chi connectivity index (χ4n) is 2.43. The van der Waals surface area contributed by atoms with E-state index in [1.807, 2.05) is 30.5 Å². The Balaban J connectivity index is 1.80. The fourth-order valence-corrected chi connectivity index (χ4v) is 2.43. The van der Waals surface area contributed by atoms with Gasteiger partial charge in [0.15, 0.2) is 0 Å². The standard InChI is InChI=1S/C15H13N7/c16-15-21-13-5-9(10-3-4-17-6-10)1-2-12(13)14(22-15)20-11-7-18-19-8-11/h1-5,7-8H,6H2,(H,18,19)(H3,16,20,21,22). The Morgan fingerprint density at radius 3 is 2.95 bits per heavy atom. The molecule has 1 aliphatic heterocycles. The first-order valence-corrected chi connectivity index (χ1v) is 6.82. The Labute approximate surface area is 126 Å². The van der Waals surface area contributed by atoms with Crippen molar-refractivity contribution in [1.82, 2.24) is 20.2 Å². The molecular formula is C15H13N7. The number of H-pyrrole nitrogens is 1. The Morgan fingerprint density at radius 2 is 2.18 bits per heavy atom. The summed E-state index contributed by atoms with van der Waals surface area (Å²) in [5, 5.41) is 10.7. The second-order valence-electron chi connectivity index (χ2n) is 4.96. The number of hydrogen-bond acceptors (Lipinski definition) is 6. The molecule has 2 aromatic heterocycles. The summed E-state index contributed by atoms with van der Waals surface area (Å²) < 4.78 is 0. The van der Waals surface area contributed by atoms with Crippen LogP contribution in [0.2, 0.25) is 0 Å². The predicted molar refractivity (Wildman–Crippen MR) is 87.2 cm³/mol. The first-order chi connectivity index (χ1) is 10.8. The highest BCUT2D eigenvalue weighted by Crippen LogP contribution is 2.27. The van der Waals surface area contributed by atoms with E-state index in [9.17, 15) is 0 Å².